The van der Waals surface area contributed by atoms with E-state index in [-0.39, 0.29) is 29.2 Å². The fraction of sp³-hybridized carbons (Fsp3) is 0.600. The van der Waals surface area contributed by atoms with Gasteiger partial charge in [-0.05, 0) is 52.2 Å². The van der Waals surface area contributed by atoms with Gasteiger partial charge in [-0.2, -0.15) is 8.78 Å². The maximum absolute atomic E-state index is 13.6. The van der Waals surface area contributed by atoms with E-state index in [1.54, 1.807) is 12.1 Å². The molecule has 1 N–H and O–H groups in total. The summed E-state index contributed by atoms with van der Waals surface area (Å²) in [5, 5.41) is 2.78. The van der Waals surface area contributed by atoms with Crippen LogP contribution < -0.4 is 15.5 Å². The zero-order valence-electron chi connectivity index (χ0n) is 17.7. The highest BCUT2D eigenvalue weighted by atomic mass is 19.3. The van der Waals surface area contributed by atoms with Gasteiger partial charge in [0.2, 0.25) is 5.91 Å². The molecule has 1 aromatic carbocycles. The molecule has 2 saturated heterocycles. The number of carbonyl (C=O) groups excluding carboxylic acids is 1. The molecule has 4 rings (SSSR count). The minimum Gasteiger partial charge on any atom is -0.488 e. The number of halogens is 2. The van der Waals surface area contributed by atoms with Gasteiger partial charge in [0.05, 0.1) is 16.7 Å². The lowest BCUT2D eigenvalue weighted by Gasteiger charge is -2.32. The number of aromatic nitrogens is 2. The Kier molecular flexibility index (Phi) is 5.05. The molecule has 0 spiro atoms. The Morgan fingerprint density at radius 1 is 1.27 bits per heavy atom. The first-order valence-corrected chi connectivity index (χ1v) is 10.1. The molecule has 2 atom stereocenters. The van der Waals surface area contributed by atoms with Crippen LogP contribution in [0.15, 0.2) is 18.5 Å². The third-order valence-electron chi connectivity index (χ3n) is 6.38. The Hall–Kier alpha value is -2.20. The molecule has 2 aliphatic heterocycles. The lowest BCUT2D eigenvalue weighted by Crippen LogP contribution is -2.41. The van der Waals surface area contributed by atoms with Crippen LogP contribution in [0.2, 0.25) is 0 Å². The van der Waals surface area contributed by atoms with Crippen molar-refractivity contribution in [1.29, 1.82) is 0 Å². The third-order valence-corrected chi connectivity index (χ3v) is 6.38. The van der Waals surface area contributed by atoms with Gasteiger partial charge >= 0.3 is 13.7 Å². The number of hydrogen-bond donors (Lipinski definition) is 1. The van der Waals surface area contributed by atoms with Gasteiger partial charge in [-0.1, -0.05) is 0 Å². The SMILES string of the molecule is CC(Oc1cc(B2OC(C)(C)C(C)(C)O2)cc2ncn(C(F)F)c12)C1CNC(=O)C1. The van der Waals surface area contributed by atoms with Crippen LogP contribution in [0.3, 0.4) is 0 Å². The molecule has 0 aliphatic carbocycles. The molecule has 7 nitrogen and oxygen atoms in total. The highest BCUT2D eigenvalue weighted by Gasteiger charge is 2.52. The molecule has 2 fully saturated rings. The molecule has 0 radical (unpaired) electrons. The summed E-state index contributed by atoms with van der Waals surface area (Å²) in [6.07, 6.45) is 1.08. The lowest BCUT2D eigenvalue weighted by atomic mass is 9.78. The van der Waals surface area contributed by atoms with E-state index in [0.29, 0.717) is 23.9 Å². The van der Waals surface area contributed by atoms with Crippen LogP contribution >= 0.6 is 0 Å². The molecular weight excluding hydrogens is 395 g/mol. The number of hydrogen-bond acceptors (Lipinski definition) is 5. The first-order valence-electron chi connectivity index (χ1n) is 10.1. The highest BCUT2D eigenvalue weighted by molar-refractivity contribution is 6.62. The monoisotopic (exact) mass is 421 g/mol. The average Bonchev–Trinajstić information content (AvgIpc) is 3.31. The number of rotatable bonds is 5. The zero-order chi connectivity index (χ0) is 21.8. The molecule has 30 heavy (non-hydrogen) atoms. The number of nitrogens with one attached hydrogen (secondary N) is 1. The summed E-state index contributed by atoms with van der Waals surface area (Å²) in [5.74, 6) is 0.182. The number of fused-ring (bicyclic) bond motifs is 1. The molecule has 0 bridgehead atoms. The van der Waals surface area contributed by atoms with Crippen LogP contribution in [-0.2, 0) is 14.1 Å². The Labute approximate surface area is 174 Å². The number of carbonyl (C=O) groups is 1. The summed E-state index contributed by atoms with van der Waals surface area (Å²) in [5.41, 5.74) is 0.126. The maximum atomic E-state index is 13.6. The van der Waals surface area contributed by atoms with Gasteiger partial charge in [0.1, 0.15) is 23.7 Å². The van der Waals surface area contributed by atoms with Crippen LogP contribution in [0.25, 0.3) is 11.0 Å². The summed E-state index contributed by atoms with van der Waals surface area (Å²) in [4.78, 5) is 15.7. The second kappa shape index (κ2) is 7.20. The first kappa shape index (κ1) is 21.1. The standard InChI is InChI=1S/C20H26BF2N3O4/c1-11(12-6-16(27)24-9-12)28-15-8-13(21-29-19(2,3)20(4,5)30-21)7-14-17(15)26(10-25-14)18(22)23/h7-8,10-12,18H,6,9H2,1-5H3,(H,24,27). The van der Waals surface area contributed by atoms with E-state index in [1.807, 2.05) is 34.6 Å². The Bertz CT molecular complexity index is 962. The fourth-order valence-electron chi connectivity index (χ4n) is 3.76. The summed E-state index contributed by atoms with van der Waals surface area (Å²) in [7, 11) is -0.677. The molecule has 2 unspecified atom stereocenters. The Morgan fingerprint density at radius 2 is 1.93 bits per heavy atom. The van der Waals surface area contributed by atoms with Crippen molar-refractivity contribution in [3.63, 3.8) is 0 Å². The Morgan fingerprint density at radius 3 is 2.50 bits per heavy atom. The number of benzene rings is 1. The molecule has 2 aromatic rings. The van der Waals surface area contributed by atoms with E-state index in [1.165, 1.54) is 0 Å². The third kappa shape index (κ3) is 3.56. The van der Waals surface area contributed by atoms with Crippen LogP contribution in [0.4, 0.5) is 8.78 Å². The number of nitrogens with zero attached hydrogens (tertiary/aromatic N) is 2. The van der Waals surface area contributed by atoms with Crippen molar-refractivity contribution in [2.45, 2.75) is 64.9 Å². The number of ether oxygens (including phenoxy) is 1. The molecule has 10 heteroatoms. The fourth-order valence-corrected chi connectivity index (χ4v) is 3.76. The lowest BCUT2D eigenvalue weighted by molar-refractivity contribution is -0.119. The molecule has 3 heterocycles. The zero-order valence-corrected chi connectivity index (χ0v) is 17.7. The molecule has 0 saturated carbocycles. The number of amides is 1. The van der Waals surface area contributed by atoms with Crippen molar-refractivity contribution in [2.75, 3.05) is 6.54 Å². The topological polar surface area (TPSA) is 74.6 Å². The van der Waals surface area contributed by atoms with Crippen LogP contribution in [0.1, 0.15) is 47.6 Å². The van der Waals surface area contributed by atoms with Crippen molar-refractivity contribution in [1.82, 2.24) is 14.9 Å². The normalized spacial score (nSPS) is 23.9. The molecule has 1 aromatic heterocycles. The van der Waals surface area contributed by atoms with Gasteiger partial charge in [-0.3, -0.25) is 9.36 Å². The van der Waals surface area contributed by atoms with Gasteiger partial charge < -0.3 is 19.4 Å². The van der Waals surface area contributed by atoms with E-state index < -0.39 is 24.9 Å². The maximum Gasteiger partial charge on any atom is 0.495 e. The average molecular weight is 421 g/mol. The number of imidazole rings is 1. The van der Waals surface area contributed by atoms with Crippen LogP contribution in [-0.4, -0.2) is 46.4 Å². The van der Waals surface area contributed by atoms with E-state index in [9.17, 15) is 13.6 Å². The summed E-state index contributed by atoms with van der Waals surface area (Å²) < 4.78 is 46.3. The van der Waals surface area contributed by atoms with Crippen LogP contribution in [0, 0.1) is 5.92 Å². The minimum atomic E-state index is -2.76. The summed E-state index contributed by atoms with van der Waals surface area (Å²) >= 11 is 0. The van der Waals surface area contributed by atoms with Gasteiger partial charge in [0.15, 0.2) is 0 Å². The van der Waals surface area contributed by atoms with Crippen molar-refractivity contribution >= 4 is 29.5 Å². The predicted molar refractivity (Wildman–Crippen MR) is 108 cm³/mol. The molecule has 162 valence electrons. The summed E-state index contributed by atoms with van der Waals surface area (Å²) in [6, 6.07) is 3.36. The second-order valence-electron chi connectivity index (χ2n) is 9.00. The van der Waals surface area contributed by atoms with Gasteiger partial charge in [0, 0.05) is 18.9 Å². The Balaban J connectivity index is 1.73. The van der Waals surface area contributed by atoms with Crippen molar-refractivity contribution in [2.24, 2.45) is 5.92 Å². The van der Waals surface area contributed by atoms with Gasteiger partial charge in [0.25, 0.3) is 0 Å². The predicted octanol–water partition coefficient (Wildman–Crippen LogP) is 2.63. The smallest absolute Gasteiger partial charge is 0.488 e. The van der Waals surface area contributed by atoms with Crippen molar-refractivity contribution in [3.05, 3.63) is 18.5 Å². The van der Waals surface area contributed by atoms with Gasteiger partial charge in [-0.25, -0.2) is 4.98 Å². The summed E-state index contributed by atoms with van der Waals surface area (Å²) in [6.45, 7) is 7.35. The molecular formula is C20H26BF2N3O4. The van der Waals surface area contributed by atoms with Crippen LogP contribution in [0.5, 0.6) is 5.75 Å². The van der Waals surface area contributed by atoms with E-state index >= 15 is 0 Å². The minimum absolute atomic E-state index is 0.0378. The molecule has 1 amide bonds. The van der Waals surface area contributed by atoms with Gasteiger partial charge in [-0.15, -0.1) is 0 Å². The van der Waals surface area contributed by atoms with E-state index in [2.05, 4.69) is 10.3 Å². The largest absolute Gasteiger partial charge is 0.495 e. The second-order valence-corrected chi connectivity index (χ2v) is 9.00. The van der Waals surface area contributed by atoms with Crippen molar-refractivity contribution in [3.8, 4) is 5.75 Å². The first-order chi connectivity index (χ1) is 14.0. The van der Waals surface area contributed by atoms with E-state index in [0.717, 1.165) is 10.9 Å². The molecule has 2 aliphatic rings. The van der Waals surface area contributed by atoms with Crippen molar-refractivity contribution < 1.29 is 27.6 Å². The highest BCUT2D eigenvalue weighted by Crippen LogP contribution is 2.38. The quantitative estimate of drug-likeness (QED) is 0.752. The van der Waals surface area contributed by atoms with E-state index in [4.69, 9.17) is 14.0 Å². The number of alkyl halides is 2.